The molecule has 11 heavy (non-hydrogen) atoms. The molecule has 3 heteroatoms. The molecule has 1 atom stereocenters. The second-order valence-corrected chi connectivity index (χ2v) is 3.66. The molecule has 0 spiro atoms. The highest BCUT2D eigenvalue weighted by Crippen LogP contribution is 2.21. The van der Waals surface area contributed by atoms with Crippen LogP contribution in [0, 0.1) is 0 Å². The van der Waals surface area contributed by atoms with E-state index in [1.165, 1.54) is 4.88 Å². The Hall–Kier alpha value is -0.380. The van der Waals surface area contributed by atoms with Crippen LogP contribution in [0.2, 0.25) is 0 Å². The topological polar surface area (TPSA) is 23.5 Å². The van der Waals surface area contributed by atoms with Crippen molar-refractivity contribution in [2.45, 2.75) is 6.04 Å². The molecule has 0 aliphatic carbocycles. The van der Waals surface area contributed by atoms with Crippen molar-refractivity contribution in [2.75, 3.05) is 20.7 Å². The van der Waals surface area contributed by atoms with Crippen LogP contribution in [0.4, 0.5) is 0 Å². The molecule has 1 heterocycles. The van der Waals surface area contributed by atoms with Crippen LogP contribution in [-0.2, 0) is 0 Å². The van der Waals surface area contributed by atoms with E-state index < -0.39 is 0 Å². The maximum atomic E-state index is 9.03. The van der Waals surface area contributed by atoms with E-state index in [0.717, 1.165) is 0 Å². The standard InChI is InChI=1S/C8H13NOS/c1-9(2)7(6-10)8-4-3-5-11-8/h3-5,7,10H,6H2,1-2H3/t7-/m0/s1. The van der Waals surface area contributed by atoms with Gasteiger partial charge < -0.3 is 5.11 Å². The predicted molar refractivity (Wildman–Crippen MR) is 47.8 cm³/mol. The summed E-state index contributed by atoms with van der Waals surface area (Å²) in [6, 6.07) is 4.22. The monoisotopic (exact) mass is 171 g/mol. The van der Waals surface area contributed by atoms with Crippen LogP contribution < -0.4 is 0 Å². The van der Waals surface area contributed by atoms with E-state index in [0.29, 0.717) is 0 Å². The van der Waals surface area contributed by atoms with Crippen LogP contribution >= 0.6 is 11.3 Å². The molecular weight excluding hydrogens is 158 g/mol. The summed E-state index contributed by atoms with van der Waals surface area (Å²) in [5.74, 6) is 0. The zero-order valence-corrected chi connectivity index (χ0v) is 7.64. The molecule has 0 saturated carbocycles. The lowest BCUT2D eigenvalue weighted by Crippen LogP contribution is -2.21. The number of hydrogen-bond acceptors (Lipinski definition) is 3. The van der Waals surface area contributed by atoms with E-state index >= 15 is 0 Å². The minimum atomic E-state index is 0.162. The van der Waals surface area contributed by atoms with Crippen molar-refractivity contribution in [2.24, 2.45) is 0 Å². The summed E-state index contributed by atoms with van der Waals surface area (Å²) in [4.78, 5) is 3.24. The van der Waals surface area contributed by atoms with E-state index in [2.05, 4.69) is 0 Å². The van der Waals surface area contributed by atoms with Crippen LogP contribution in [0.25, 0.3) is 0 Å². The lowest BCUT2D eigenvalue weighted by molar-refractivity contribution is 0.173. The van der Waals surface area contributed by atoms with Gasteiger partial charge >= 0.3 is 0 Å². The van der Waals surface area contributed by atoms with Gasteiger partial charge in [0, 0.05) is 4.88 Å². The number of rotatable bonds is 3. The smallest absolute Gasteiger partial charge is 0.0669 e. The van der Waals surface area contributed by atoms with Crippen LogP contribution in [-0.4, -0.2) is 30.7 Å². The molecule has 2 nitrogen and oxygen atoms in total. The Morgan fingerprint density at radius 1 is 1.64 bits per heavy atom. The number of aliphatic hydroxyl groups is 1. The number of nitrogens with zero attached hydrogens (tertiary/aromatic N) is 1. The van der Waals surface area contributed by atoms with Crippen molar-refractivity contribution in [1.29, 1.82) is 0 Å². The minimum absolute atomic E-state index is 0.162. The minimum Gasteiger partial charge on any atom is -0.394 e. The molecule has 0 aromatic carbocycles. The van der Waals surface area contributed by atoms with E-state index in [1.54, 1.807) is 11.3 Å². The van der Waals surface area contributed by atoms with Gasteiger partial charge in [0.25, 0.3) is 0 Å². The largest absolute Gasteiger partial charge is 0.394 e. The molecule has 1 N–H and O–H groups in total. The summed E-state index contributed by atoms with van der Waals surface area (Å²) in [6.45, 7) is 0.188. The third-order valence-corrected chi connectivity index (χ3v) is 2.64. The molecule has 0 radical (unpaired) electrons. The Balaban J connectivity index is 2.71. The maximum Gasteiger partial charge on any atom is 0.0669 e. The fraction of sp³-hybridized carbons (Fsp3) is 0.500. The third kappa shape index (κ3) is 2.02. The van der Waals surface area contributed by atoms with Crippen molar-refractivity contribution < 1.29 is 5.11 Å². The molecule has 1 aromatic heterocycles. The fourth-order valence-electron chi connectivity index (χ4n) is 0.989. The zero-order valence-electron chi connectivity index (χ0n) is 6.82. The first-order chi connectivity index (χ1) is 5.25. The Kier molecular flexibility index (Phi) is 3.05. The Bertz CT molecular complexity index is 196. The Morgan fingerprint density at radius 3 is 2.73 bits per heavy atom. The van der Waals surface area contributed by atoms with Crippen molar-refractivity contribution in [3.8, 4) is 0 Å². The van der Waals surface area contributed by atoms with Gasteiger partial charge in [-0.3, -0.25) is 4.90 Å². The van der Waals surface area contributed by atoms with E-state index in [4.69, 9.17) is 5.11 Å². The highest BCUT2D eigenvalue weighted by Gasteiger charge is 2.12. The number of hydrogen-bond donors (Lipinski definition) is 1. The average molecular weight is 171 g/mol. The van der Waals surface area contributed by atoms with Crippen molar-refractivity contribution >= 4 is 11.3 Å². The molecule has 0 saturated heterocycles. The Labute approximate surface area is 71.1 Å². The molecule has 0 unspecified atom stereocenters. The highest BCUT2D eigenvalue weighted by molar-refractivity contribution is 7.10. The van der Waals surface area contributed by atoms with E-state index in [9.17, 15) is 0 Å². The summed E-state index contributed by atoms with van der Waals surface area (Å²) in [7, 11) is 3.95. The summed E-state index contributed by atoms with van der Waals surface area (Å²) < 4.78 is 0. The van der Waals surface area contributed by atoms with Crippen molar-refractivity contribution in [1.82, 2.24) is 4.90 Å². The molecule has 0 aliphatic rings. The van der Waals surface area contributed by atoms with Gasteiger partial charge in [-0.1, -0.05) is 6.07 Å². The van der Waals surface area contributed by atoms with Crippen LogP contribution in [0.1, 0.15) is 10.9 Å². The van der Waals surface area contributed by atoms with Crippen LogP contribution in [0.5, 0.6) is 0 Å². The highest BCUT2D eigenvalue weighted by atomic mass is 32.1. The quantitative estimate of drug-likeness (QED) is 0.742. The second kappa shape index (κ2) is 3.85. The van der Waals surface area contributed by atoms with Crippen LogP contribution in [0.15, 0.2) is 17.5 Å². The lowest BCUT2D eigenvalue weighted by Gasteiger charge is -2.20. The van der Waals surface area contributed by atoms with Gasteiger partial charge in [-0.15, -0.1) is 11.3 Å². The molecule has 1 aromatic rings. The maximum absolute atomic E-state index is 9.03. The molecule has 0 aliphatic heterocycles. The summed E-state index contributed by atoms with van der Waals surface area (Å²) in [6.07, 6.45) is 0. The van der Waals surface area contributed by atoms with E-state index in [1.807, 2.05) is 36.5 Å². The molecule has 1 rings (SSSR count). The summed E-state index contributed by atoms with van der Waals surface area (Å²) in [5.41, 5.74) is 0. The van der Waals surface area contributed by atoms with Gasteiger partial charge in [0.1, 0.15) is 0 Å². The van der Waals surface area contributed by atoms with Crippen LogP contribution in [0.3, 0.4) is 0 Å². The van der Waals surface area contributed by atoms with Gasteiger partial charge in [-0.2, -0.15) is 0 Å². The number of thiophene rings is 1. The summed E-state index contributed by atoms with van der Waals surface area (Å²) >= 11 is 1.68. The van der Waals surface area contributed by atoms with Gasteiger partial charge in [0.15, 0.2) is 0 Å². The van der Waals surface area contributed by atoms with E-state index in [-0.39, 0.29) is 12.6 Å². The lowest BCUT2D eigenvalue weighted by atomic mass is 10.2. The van der Waals surface area contributed by atoms with Crippen molar-refractivity contribution in [3.63, 3.8) is 0 Å². The molecule has 0 fully saturated rings. The van der Waals surface area contributed by atoms with Gasteiger partial charge in [0.05, 0.1) is 12.6 Å². The first-order valence-electron chi connectivity index (χ1n) is 3.56. The molecule has 0 bridgehead atoms. The second-order valence-electron chi connectivity index (χ2n) is 2.68. The molecule has 0 amide bonds. The van der Waals surface area contributed by atoms with Gasteiger partial charge in [0.2, 0.25) is 0 Å². The SMILES string of the molecule is CN(C)[C@@H](CO)c1cccs1. The Morgan fingerprint density at radius 2 is 2.36 bits per heavy atom. The molecule has 62 valence electrons. The number of aliphatic hydroxyl groups excluding tert-OH is 1. The first kappa shape index (κ1) is 8.71. The molecular formula is C8H13NOS. The zero-order chi connectivity index (χ0) is 8.27. The average Bonchev–Trinajstić information content (AvgIpc) is 2.40. The normalized spacial score (nSPS) is 13.8. The predicted octanol–water partition coefficient (Wildman–Crippen LogP) is 1.34. The summed E-state index contributed by atoms with van der Waals surface area (Å²) in [5, 5.41) is 11.1. The van der Waals surface area contributed by atoms with Crippen molar-refractivity contribution in [3.05, 3.63) is 22.4 Å². The third-order valence-electron chi connectivity index (χ3n) is 1.67. The van der Waals surface area contributed by atoms with Gasteiger partial charge in [-0.05, 0) is 25.5 Å². The number of likely N-dealkylation sites (N-methyl/N-ethyl adjacent to an activating group) is 1. The first-order valence-corrected chi connectivity index (χ1v) is 4.44. The fourth-order valence-corrected chi connectivity index (χ4v) is 1.90. The van der Waals surface area contributed by atoms with Gasteiger partial charge in [-0.25, -0.2) is 0 Å².